The van der Waals surface area contributed by atoms with Crippen molar-refractivity contribution in [1.29, 1.82) is 0 Å². The predicted octanol–water partition coefficient (Wildman–Crippen LogP) is 5.33. The van der Waals surface area contributed by atoms with E-state index in [1.807, 2.05) is 52.2 Å². The number of hydrogen-bond donors (Lipinski definition) is 4. The Morgan fingerprint density at radius 3 is 2.56 bits per heavy atom. The molecular formula is C31H31FN10O. The molecular weight excluding hydrogens is 547 g/mol. The zero-order valence-corrected chi connectivity index (χ0v) is 24.2. The molecule has 0 radical (unpaired) electrons. The highest BCUT2D eigenvalue weighted by Gasteiger charge is 2.18. The second-order valence-electron chi connectivity index (χ2n) is 10.9. The normalized spacial score (nSPS) is 11.6. The van der Waals surface area contributed by atoms with Crippen LogP contribution in [-0.4, -0.2) is 73.1 Å². The van der Waals surface area contributed by atoms with Crippen LogP contribution >= 0.6 is 0 Å². The molecule has 12 heteroatoms. The highest BCUT2D eigenvalue weighted by molar-refractivity contribution is 5.96. The van der Waals surface area contributed by atoms with Crippen LogP contribution in [0.25, 0.3) is 56.0 Å². The number of anilines is 2. The second-order valence-corrected chi connectivity index (χ2v) is 10.9. The van der Waals surface area contributed by atoms with Gasteiger partial charge in [-0.2, -0.15) is 5.10 Å². The Kier molecular flexibility index (Phi) is 7.51. The maximum atomic E-state index is 14.7. The molecule has 43 heavy (non-hydrogen) atoms. The van der Waals surface area contributed by atoms with Gasteiger partial charge < -0.3 is 20.5 Å². The van der Waals surface area contributed by atoms with Crippen LogP contribution in [0.3, 0.4) is 0 Å². The minimum Gasteiger partial charge on any atom is -0.384 e. The van der Waals surface area contributed by atoms with Gasteiger partial charge in [-0.3, -0.25) is 19.9 Å². The van der Waals surface area contributed by atoms with Crippen molar-refractivity contribution in [3.05, 3.63) is 67.0 Å². The van der Waals surface area contributed by atoms with Gasteiger partial charge in [-0.05, 0) is 56.1 Å². The van der Waals surface area contributed by atoms with Gasteiger partial charge in [0.15, 0.2) is 11.5 Å². The molecule has 0 aliphatic heterocycles. The molecule has 0 bridgehead atoms. The van der Waals surface area contributed by atoms with Crippen molar-refractivity contribution in [1.82, 2.24) is 40.0 Å². The average Bonchev–Trinajstić information content (AvgIpc) is 3.60. The quantitative estimate of drug-likeness (QED) is 0.180. The number of fused-ring (bicyclic) bond motifs is 2. The Hall–Kier alpha value is -5.23. The number of likely N-dealkylation sites (N-methyl/N-ethyl adjacent to an activating group) is 1. The van der Waals surface area contributed by atoms with Crippen molar-refractivity contribution < 1.29 is 9.18 Å². The number of rotatable bonds is 9. The standard InChI is InChI=1S/C31H31FN10O/c1-17(2)31(43)36-22-11-19(13-33-14-22)24-5-6-25-28(37-24)29(41-40-25)30-38-26-16-34-15-23(27(26)39-30)18-9-20(32)12-21(10-18)35-7-8-42(3)4/h5-6,9-17,35H,7-8H2,1-4H3,(H,36,43)(H,38,39)(H,40,41). The fourth-order valence-electron chi connectivity index (χ4n) is 4.69. The number of benzene rings is 1. The van der Waals surface area contributed by atoms with E-state index in [0.717, 1.165) is 17.6 Å². The zero-order chi connectivity index (χ0) is 30.1. The van der Waals surface area contributed by atoms with Crippen molar-refractivity contribution in [2.75, 3.05) is 37.8 Å². The Morgan fingerprint density at radius 2 is 1.74 bits per heavy atom. The van der Waals surface area contributed by atoms with Crippen molar-refractivity contribution in [3.8, 4) is 33.9 Å². The summed E-state index contributed by atoms with van der Waals surface area (Å²) >= 11 is 0. The molecule has 5 aromatic heterocycles. The van der Waals surface area contributed by atoms with Crippen LogP contribution in [-0.2, 0) is 4.79 Å². The van der Waals surface area contributed by atoms with Gasteiger partial charge in [-0.15, -0.1) is 0 Å². The van der Waals surface area contributed by atoms with E-state index in [1.54, 1.807) is 24.8 Å². The number of hydrogen-bond acceptors (Lipinski definition) is 8. The molecule has 6 aromatic rings. The molecule has 218 valence electrons. The van der Waals surface area contributed by atoms with Gasteiger partial charge in [-0.25, -0.2) is 14.4 Å². The molecule has 0 unspecified atom stereocenters. The number of carbonyl (C=O) groups is 1. The molecule has 0 spiro atoms. The van der Waals surface area contributed by atoms with Crippen LogP contribution in [0.2, 0.25) is 0 Å². The van der Waals surface area contributed by atoms with Crippen molar-refractivity contribution in [2.24, 2.45) is 5.92 Å². The van der Waals surface area contributed by atoms with Gasteiger partial charge in [0.25, 0.3) is 0 Å². The van der Waals surface area contributed by atoms with E-state index in [4.69, 9.17) is 9.97 Å². The number of H-pyrrole nitrogens is 2. The van der Waals surface area contributed by atoms with E-state index in [-0.39, 0.29) is 17.6 Å². The van der Waals surface area contributed by atoms with E-state index in [2.05, 4.69) is 40.7 Å². The van der Waals surface area contributed by atoms with Gasteiger partial charge in [0.2, 0.25) is 5.91 Å². The van der Waals surface area contributed by atoms with E-state index < -0.39 is 0 Å². The number of aromatic amines is 2. The number of nitrogens with zero attached hydrogens (tertiary/aromatic N) is 6. The maximum Gasteiger partial charge on any atom is 0.226 e. The number of aromatic nitrogens is 7. The number of carbonyl (C=O) groups excluding carboxylic acids is 1. The molecule has 0 saturated carbocycles. The predicted molar refractivity (Wildman–Crippen MR) is 166 cm³/mol. The van der Waals surface area contributed by atoms with Gasteiger partial charge >= 0.3 is 0 Å². The molecule has 5 heterocycles. The van der Waals surface area contributed by atoms with Crippen LogP contribution < -0.4 is 10.6 Å². The molecule has 6 rings (SSSR count). The molecule has 0 fully saturated rings. The summed E-state index contributed by atoms with van der Waals surface area (Å²) in [4.78, 5) is 35.9. The largest absolute Gasteiger partial charge is 0.384 e. The lowest BCUT2D eigenvalue weighted by molar-refractivity contribution is -0.118. The van der Waals surface area contributed by atoms with E-state index >= 15 is 0 Å². The zero-order valence-electron chi connectivity index (χ0n) is 24.2. The van der Waals surface area contributed by atoms with Gasteiger partial charge in [-0.1, -0.05) is 13.8 Å². The summed E-state index contributed by atoms with van der Waals surface area (Å²) in [5.74, 6) is -0.0981. The van der Waals surface area contributed by atoms with Gasteiger partial charge in [0.05, 0.1) is 40.3 Å². The lowest BCUT2D eigenvalue weighted by Gasteiger charge is -2.12. The molecule has 0 aliphatic carbocycles. The minimum absolute atomic E-state index is 0.0896. The first-order valence-electron chi connectivity index (χ1n) is 13.9. The smallest absolute Gasteiger partial charge is 0.226 e. The molecule has 0 atom stereocenters. The van der Waals surface area contributed by atoms with Crippen LogP contribution in [0.15, 0.2) is 61.2 Å². The third kappa shape index (κ3) is 5.90. The number of pyridine rings is 3. The molecule has 1 aromatic carbocycles. The first-order chi connectivity index (χ1) is 20.7. The summed E-state index contributed by atoms with van der Waals surface area (Å²) in [5.41, 5.74) is 7.23. The van der Waals surface area contributed by atoms with Crippen molar-refractivity contribution in [3.63, 3.8) is 0 Å². The maximum absolute atomic E-state index is 14.7. The molecule has 0 aliphatic rings. The Bertz CT molecular complexity index is 1940. The fourth-order valence-corrected chi connectivity index (χ4v) is 4.69. The lowest BCUT2D eigenvalue weighted by atomic mass is 10.1. The summed E-state index contributed by atoms with van der Waals surface area (Å²) < 4.78 is 14.7. The molecule has 11 nitrogen and oxygen atoms in total. The van der Waals surface area contributed by atoms with Crippen LogP contribution in [0.4, 0.5) is 15.8 Å². The first kappa shape index (κ1) is 27.9. The topological polar surface area (TPSA) is 140 Å². The Morgan fingerprint density at radius 1 is 0.930 bits per heavy atom. The Labute approximate surface area is 247 Å². The second kappa shape index (κ2) is 11.6. The summed E-state index contributed by atoms with van der Waals surface area (Å²) in [6.45, 7) is 5.16. The highest BCUT2D eigenvalue weighted by atomic mass is 19.1. The summed E-state index contributed by atoms with van der Waals surface area (Å²) in [6.07, 6.45) is 6.66. The fraction of sp³-hybridized carbons (Fsp3) is 0.226. The third-order valence-electron chi connectivity index (χ3n) is 6.95. The SMILES string of the molecule is CC(C)C(=O)Nc1cncc(-c2ccc3[nH]nc(-c4nc5c(-c6cc(F)cc(NCCN(C)C)c6)cncc5[nH]4)c3n2)c1. The monoisotopic (exact) mass is 578 g/mol. The average molecular weight is 579 g/mol. The summed E-state index contributed by atoms with van der Waals surface area (Å²) in [5, 5.41) is 13.7. The molecule has 1 amide bonds. The third-order valence-corrected chi connectivity index (χ3v) is 6.95. The lowest BCUT2D eigenvalue weighted by Crippen LogP contribution is -2.20. The highest BCUT2D eigenvalue weighted by Crippen LogP contribution is 2.33. The molecule has 0 saturated heterocycles. The Balaban J connectivity index is 1.36. The van der Waals surface area contributed by atoms with Crippen LogP contribution in [0.1, 0.15) is 13.8 Å². The number of halogens is 1. The first-order valence-corrected chi connectivity index (χ1v) is 13.9. The van der Waals surface area contributed by atoms with Crippen LogP contribution in [0, 0.1) is 11.7 Å². The molecule has 4 N–H and O–H groups in total. The van der Waals surface area contributed by atoms with Crippen LogP contribution in [0.5, 0.6) is 0 Å². The summed E-state index contributed by atoms with van der Waals surface area (Å²) in [7, 11) is 3.98. The number of amides is 1. The van der Waals surface area contributed by atoms with Gasteiger partial charge in [0, 0.05) is 48.2 Å². The van der Waals surface area contributed by atoms with E-state index in [9.17, 15) is 9.18 Å². The summed E-state index contributed by atoms with van der Waals surface area (Å²) in [6, 6.07) is 10.4. The van der Waals surface area contributed by atoms with Crippen molar-refractivity contribution in [2.45, 2.75) is 13.8 Å². The van der Waals surface area contributed by atoms with E-state index in [1.165, 1.54) is 12.1 Å². The number of imidazole rings is 1. The van der Waals surface area contributed by atoms with Gasteiger partial charge in [0.1, 0.15) is 11.3 Å². The van der Waals surface area contributed by atoms with Crippen molar-refractivity contribution >= 4 is 39.3 Å². The number of nitrogens with one attached hydrogen (secondary N) is 4. The van der Waals surface area contributed by atoms with E-state index in [0.29, 0.717) is 62.8 Å². The minimum atomic E-state index is -0.352.